The number of carboxylic acid groups (broad SMARTS) is 1. The SMILES string of the molecule is CC.COC(=O)c1c(C)c(OC)cc(CC(CC(C(=O)O)N2CCCC2)C(N)=O)c1F. The number of ether oxygens (including phenoxy) is 2. The van der Waals surface area contributed by atoms with E-state index in [4.69, 9.17) is 10.5 Å². The van der Waals surface area contributed by atoms with Crippen LogP contribution in [0.25, 0.3) is 0 Å². The van der Waals surface area contributed by atoms with Crippen molar-refractivity contribution in [2.75, 3.05) is 27.3 Å². The van der Waals surface area contributed by atoms with E-state index in [1.165, 1.54) is 20.1 Å². The fourth-order valence-corrected chi connectivity index (χ4v) is 3.78. The second-order valence-corrected chi connectivity index (χ2v) is 7.18. The molecule has 1 heterocycles. The summed E-state index contributed by atoms with van der Waals surface area (Å²) in [5, 5.41) is 9.60. The van der Waals surface area contributed by atoms with Crippen LogP contribution in [-0.4, -0.2) is 61.2 Å². The van der Waals surface area contributed by atoms with Crippen LogP contribution in [0.5, 0.6) is 5.75 Å². The van der Waals surface area contributed by atoms with Crippen LogP contribution in [0.1, 0.15) is 54.6 Å². The molecule has 0 radical (unpaired) electrons. The quantitative estimate of drug-likeness (QED) is 0.566. The number of benzene rings is 1. The lowest BCUT2D eigenvalue weighted by atomic mass is 9.89. The second kappa shape index (κ2) is 12.2. The molecule has 0 aromatic heterocycles. The third kappa shape index (κ3) is 6.40. The highest BCUT2D eigenvalue weighted by Crippen LogP contribution is 2.30. The van der Waals surface area contributed by atoms with Crippen molar-refractivity contribution in [3.63, 3.8) is 0 Å². The predicted molar refractivity (Wildman–Crippen MR) is 114 cm³/mol. The van der Waals surface area contributed by atoms with E-state index in [1.807, 2.05) is 13.8 Å². The Morgan fingerprint density at radius 1 is 1.23 bits per heavy atom. The molecule has 2 atom stereocenters. The molecule has 31 heavy (non-hydrogen) atoms. The van der Waals surface area contributed by atoms with Gasteiger partial charge in [-0.1, -0.05) is 13.8 Å². The van der Waals surface area contributed by atoms with Gasteiger partial charge in [0.25, 0.3) is 0 Å². The number of aliphatic carboxylic acids is 1. The van der Waals surface area contributed by atoms with Gasteiger partial charge < -0.3 is 20.3 Å². The number of rotatable bonds is 9. The Bertz CT molecular complexity index is 793. The lowest BCUT2D eigenvalue weighted by Crippen LogP contribution is -2.43. The van der Waals surface area contributed by atoms with E-state index in [9.17, 15) is 19.5 Å². The molecule has 8 nitrogen and oxygen atoms in total. The van der Waals surface area contributed by atoms with Gasteiger partial charge in [-0.2, -0.15) is 0 Å². The molecule has 0 aliphatic carbocycles. The number of nitrogens with zero attached hydrogens (tertiary/aromatic N) is 1. The maximum atomic E-state index is 15.1. The zero-order valence-corrected chi connectivity index (χ0v) is 18.9. The Morgan fingerprint density at radius 2 is 1.81 bits per heavy atom. The fourth-order valence-electron chi connectivity index (χ4n) is 3.78. The number of hydrogen-bond donors (Lipinski definition) is 2. The molecule has 0 spiro atoms. The van der Waals surface area contributed by atoms with Gasteiger partial charge in [0.1, 0.15) is 23.2 Å². The number of primary amides is 1. The highest BCUT2D eigenvalue weighted by atomic mass is 19.1. The molecule has 1 fully saturated rings. The first kappa shape index (κ1) is 26.4. The van der Waals surface area contributed by atoms with E-state index in [0.29, 0.717) is 13.1 Å². The van der Waals surface area contributed by atoms with Gasteiger partial charge in [0.15, 0.2) is 0 Å². The molecule has 174 valence electrons. The van der Waals surface area contributed by atoms with Crippen molar-refractivity contribution in [1.82, 2.24) is 4.90 Å². The minimum atomic E-state index is -1.05. The molecule has 9 heteroatoms. The largest absolute Gasteiger partial charge is 0.496 e. The van der Waals surface area contributed by atoms with Crippen LogP contribution in [-0.2, 0) is 20.7 Å². The van der Waals surface area contributed by atoms with Crippen molar-refractivity contribution in [1.29, 1.82) is 0 Å². The number of amides is 1. The second-order valence-electron chi connectivity index (χ2n) is 7.18. The summed E-state index contributed by atoms with van der Waals surface area (Å²) in [5.74, 6) is -4.13. The number of carbonyl (C=O) groups excluding carboxylic acids is 2. The van der Waals surface area contributed by atoms with E-state index < -0.39 is 35.6 Å². The molecule has 2 rings (SSSR count). The lowest BCUT2D eigenvalue weighted by Gasteiger charge is -2.27. The van der Waals surface area contributed by atoms with E-state index in [-0.39, 0.29) is 35.3 Å². The molecule has 1 saturated heterocycles. The number of halogens is 1. The summed E-state index contributed by atoms with van der Waals surface area (Å²) < 4.78 is 25.0. The maximum Gasteiger partial charge on any atom is 0.341 e. The number of hydrogen-bond acceptors (Lipinski definition) is 6. The zero-order valence-electron chi connectivity index (χ0n) is 18.9. The van der Waals surface area contributed by atoms with Gasteiger partial charge in [-0.05, 0) is 57.3 Å². The molecule has 1 aromatic rings. The van der Waals surface area contributed by atoms with Crippen LogP contribution >= 0.6 is 0 Å². The molecule has 0 saturated carbocycles. The van der Waals surface area contributed by atoms with Crippen LogP contribution in [0.3, 0.4) is 0 Å². The number of carboxylic acids is 1. The third-order valence-corrected chi connectivity index (χ3v) is 5.40. The summed E-state index contributed by atoms with van der Waals surface area (Å²) in [7, 11) is 2.52. The van der Waals surface area contributed by atoms with Crippen molar-refractivity contribution in [3.8, 4) is 5.75 Å². The summed E-state index contributed by atoms with van der Waals surface area (Å²) in [6, 6.07) is 0.518. The summed E-state index contributed by atoms with van der Waals surface area (Å²) in [6.45, 7) is 6.78. The van der Waals surface area contributed by atoms with Gasteiger partial charge >= 0.3 is 11.9 Å². The van der Waals surface area contributed by atoms with Gasteiger partial charge in [0, 0.05) is 11.5 Å². The zero-order chi connectivity index (χ0) is 23.7. The summed E-state index contributed by atoms with van der Waals surface area (Å²) in [6.07, 6.45) is 1.57. The molecule has 1 aliphatic rings. The molecule has 0 bridgehead atoms. The van der Waals surface area contributed by atoms with Crippen LogP contribution < -0.4 is 10.5 Å². The first-order valence-electron chi connectivity index (χ1n) is 10.4. The average Bonchev–Trinajstić information content (AvgIpc) is 3.27. The average molecular weight is 441 g/mol. The predicted octanol–water partition coefficient (Wildman–Crippen LogP) is 2.54. The molecule has 1 aliphatic heterocycles. The van der Waals surface area contributed by atoms with Crippen molar-refractivity contribution in [2.24, 2.45) is 11.7 Å². The summed E-state index contributed by atoms with van der Waals surface area (Å²) in [5.41, 5.74) is 5.55. The maximum absolute atomic E-state index is 15.1. The Balaban J connectivity index is 0.00000233. The topological polar surface area (TPSA) is 119 Å². The van der Waals surface area contributed by atoms with E-state index >= 15 is 4.39 Å². The number of likely N-dealkylation sites (tertiary alicyclic amines) is 1. The van der Waals surface area contributed by atoms with Gasteiger partial charge in [-0.3, -0.25) is 14.5 Å². The monoisotopic (exact) mass is 440 g/mol. The number of carbonyl (C=O) groups is 3. The van der Waals surface area contributed by atoms with Crippen LogP contribution in [0.15, 0.2) is 6.07 Å². The first-order valence-corrected chi connectivity index (χ1v) is 10.4. The third-order valence-electron chi connectivity index (χ3n) is 5.40. The number of esters is 1. The Morgan fingerprint density at radius 3 is 2.26 bits per heavy atom. The standard InChI is InChI=1S/C20H27FN2O6.C2H6/c1-11-15(28-2)10-12(17(21)16(11)20(27)29-3)8-13(18(22)24)9-14(19(25)26)23-6-4-5-7-23;1-2/h10,13-14H,4-9H2,1-3H3,(H2,22,24)(H,25,26);1-2H3. The minimum absolute atomic E-state index is 0.0437. The van der Waals surface area contributed by atoms with Gasteiger partial charge in [0.05, 0.1) is 14.2 Å². The Kier molecular flexibility index (Phi) is 10.4. The van der Waals surface area contributed by atoms with E-state index in [1.54, 1.807) is 4.90 Å². The molecule has 3 N–H and O–H groups in total. The van der Waals surface area contributed by atoms with Crippen molar-refractivity contribution in [2.45, 2.75) is 52.5 Å². The Labute approximate surface area is 182 Å². The molecular weight excluding hydrogens is 407 g/mol. The van der Waals surface area contributed by atoms with Crippen molar-refractivity contribution in [3.05, 3.63) is 28.6 Å². The van der Waals surface area contributed by atoms with Crippen LogP contribution in [0.2, 0.25) is 0 Å². The Hall–Kier alpha value is -2.68. The normalized spacial score (nSPS) is 15.4. The molecule has 1 amide bonds. The van der Waals surface area contributed by atoms with Crippen LogP contribution in [0.4, 0.5) is 4.39 Å². The molecule has 2 unspecified atom stereocenters. The smallest absolute Gasteiger partial charge is 0.341 e. The lowest BCUT2D eigenvalue weighted by molar-refractivity contribution is -0.143. The number of nitrogens with two attached hydrogens (primary N) is 1. The van der Waals surface area contributed by atoms with Crippen LogP contribution in [0, 0.1) is 18.7 Å². The highest BCUT2D eigenvalue weighted by Gasteiger charge is 2.33. The summed E-state index contributed by atoms with van der Waals surface area (Å²) >= 11 is 0. The van der Waals surface area contributed by atoms with Gasteiger partial charge in [-0.15, -0.1) is 0 Å². The molecule has 1 aromatic carbocycles. The first-order chi connectivity index (χ1) is 14.7. The van der Waals surface area contributed by atoms with Crippen molar-refractivity contribution >= 4 is 17.8 Å². The van der Waals surface area contributed by atoms with Gasteiger partial charge in [-0.25, -0.2) is 9.18 Å². The minimum Gasteiger partial charge on any atom is -0.496 e. The van der Waals surface area contributed by atoms with Gasteiger partial charge in [0.2, 0.25) is 5.91 Å². The van der Waals surface area contributed by atoms with E-state index in [2.05, 4.69) is 4.74 Å². The molecular formula is C22H33FN2O6. The van der Waals surface area contributed by atoms with Crippen molar-refractivity contribution < 1.29 is 33.4 Å². The number of methoxy groups -OCH3 is 2. The van der Waals surface area contributed by atoms with E-state index in [0.717, 1.165) is 20.0 Å². The fraction of sp³-hybridized carbons (Fsp3) is 0.591. The highest BCUT2D eigenvalue weighted by molar-refractivity contribution is 5.92. The summed E-state index contributed by atoms with van der Waals surface area (Å²) in [4.78, 5) is 37.6.